The molecule has 3 aromatic rings. The van der Waals surface area contributed by atoms with Gasteiger partial charge in [-0.25, -0.2) is 0 Å². The molecule has 0 bridgehead atoms. The predicted molar refractivity (Wildman–Crippen MR) is 144 cm³/mol. The second-order valence-electron chi connectivity index (χ2n) is 8.63. The van der Waals surface area contributed by atoms with Crippen LogP contribution in [0.3, 0.4) is 0 Å². The first-order valence-electron chi connectivity index (χ1n) is 12.2. The van der Waals surface area contributed by atoms with Gasteiger partial charge in [-0.05, 0) is 0 Å². The minimum absolute atomic E-state index is 0.651. The van der Waals surface area contributed by atoms with E-state index in [4.69, 9.17) is 4.52 Å². The second-order valence-corrected chi connectivity index (χ2v) is 13.2. The molecule has 0 N–H and O–H groups in total. The molecule has 0 saturated carbocycles. The van der Waals surface area contributed by atoms with Gasteiger partial charge in [0.05, 0.1) is 0 Å². The summed E-state index contributed by atoms with van der Waals surface area (Å²) in [6.07, 6.45) is 14.0. The number of benzene rings is 3. The van der Waals surface area contributed by atoms with Crippen molar-refractivity contribution in [3.8, 4) is 0 Å². The monoisotopic (exact) mass is 460 g/mol. The molecule has 0 radical (unpaired) electrons. The number of carbonyl (C=O) groups excluding carboxylic acids is 1. The third kappa shape index (κ3) is 5.45. The van der Waals surface area contributed by atoms with Gasteiger partial charge in [-0.15, -0.1) is 0 Å². The third-order valence-electron chi connectivity index (χ3n) is 6.53. The Bertz CT molecular complexity index is 884. The van der Waals surface area contributed by atoms with Crippen molar-refractivity contribution in [1.29, 1.82) is 0 Å². The molecule has 0 aliphatic carbocycles. The van der Waals surface area contributed by atoms with Crippen LogP contribution in [0.5, 0.6) is 0 Å². The van der Waals surface area contributed by atoms with E-state index in [-0.39, 0.29) is 0 Å². The van der Waals surface area contributed by atoms with E-state index >= 15 is 0 Å². The quantitative estimate of drug-likeness (QED) is 0.113. The first-order valence-corrected chi connectivity index (χ1v) is 14.6. The van der Waals surface area contributed by atoms with E-state index in [1.54, 1.807) is 0 Å². The van der Waals surface area contributed by atoms with E-state index in [9.17, 15) is 4.79 Å². The molecule has 3 aromatic carbocycles. The van der Waals surface area contributed by atoms with Crippen LogP contribution >= 0.6 is 6.83 Å². The van der Waals surface area contributed by atoms with Crippen molar-refractivity contribution in [1.82, 2.24) is 0 Å². The van der Waals surface area contributed by atoms with Crippen molar-refractivity contribution in [2.45, 2.75) is 51.9 Å². The fourth-order valence-electron chi connectivity index (χ4n) is 4.75. The molecule has 0 aliphatic rings. The number of allylic oxidation sites excluding steroid dienone is 2. The predicted octanol–water partition coefficient (Wildman–Crippen LogP) is 6.91. The molecule has 3 rings (SSSR count). The van der Waals surface area contributed by atoms with Crippen molar-refractivity contribution in [3.05, 3.63) is 103 Å². The fourth-order valence-corrected chi connectivity index (χ4v) is 9.88. The van der Waals surface area contributed by atoms with Crippen molar-refractivity contribution in [2.75, 3.05) is 6.16 Å². The molecule has 2 nitrogen and oxygen atoms in total. The van der Waals surface area contributed by atoms with Gasteiger partial charge in [-0.1, -0.05) is 0 Å². The van der Waals surface area contributed by atoms with Gasteiger partial charge >= 0.3 is 200 Å². The van der Waals surface area contributed by atoms with Gasteiger partial charge < -0.3 is 0 Å². The third-order valence-corrected chi connectivity index (χ3v) is 12.2. The van der Waals surface area contributed by atoms with Crippen LogP contribution in [0.25, 0.3) is 0 Å². The van der Waals surface area contributed by atoms with Crippen LogP contribution in [0.2, 0.25) is 0 Å². The van der Waals surface area contributed by atoms with Crippen LogP contribution in [0, 0.1) is 0 Å². The van der Waals surface area contributed by atoms with E-state index in [1.165, 1.54) is 38.5 Å². The van der Waals surface area contributed by atoms with Crippen molar-refractivity contribution >= 4 is 29.2 Å². The summed E-state index contributed by atoms with van der Waals surface area (Å²) in [6, 6.07) is 31.0. The molecule has 0 amide bonds. The van der Waals surface area contributed by atoms with E-state index < -0.39 is 6.83 Å². The van der Waals surface area contributed by atoms with Gasteiger partial charge in [0.1, 0.15) is 0 Å². The van der Waals surface area contributed by atoms with E-state index in [2.05, 4.69) is 55.5 Å². The Morgan fingerprint density at radius 1 is 0.636 bits per heavy atom. The van der Waals surface area contributed by atoms with E-state index in [0.29, 0.717) is 12.6 Å². The summed E-state index contributed by atoms with van der Waals surface area (Å²) >= 11 is 0. The number of unbranched alkanes of at least 4 members (excludes halogenated alkanes) is 6. The normalized spacial score (nSPS) is 12.8. The Morgan fingerprint density at radius 2 is 1.09 bits per heavy atom. The van der Waals surface area contributed by atoms with Crippen LogP contribution in [-0.4, -0.2) is 12.6 Å². The molecule has 0 aromatic heterocycles. The van der Waals surface area contributed by atoms with Crippen LogP contribution < -0.4 is 15.9 Å². The first kappa shape index (κ1) is 24.9. The zero-order chi connectivity index (χ0) is 23.3. The molecule has 0 atom stereocenters. The fraction of sp³-hybridized carbons (Fsp3) is 0.300. The van der Waals surface area contributed by atoms with Crippen molar-refractivity contribution in [2.24, 2.45) is 0 Å². The minimum atomic E-state index is -3.53. The molecule has 0 fully saturated rings. The zero-order valence-corrected chi connectivity index (χ0v) is 20.7. The number of hydrogen-bond donors (Lipinski definition) is 0. The number of carbonyl (C=O) groups is 1. The maximum absolute atomic E-state index is 12.2. The molecular weight excluding hydrogens is 423 g/mol. The van der Waals surface area contributed by atoms with Crippen LogP contribution in [0.15, 0.2) is 103 Å². The Hall–Kier alpha value is -2.70. The summed E-state index contributed by atoms with van der Waals surface area (Å²) in [7, 11) is 0. The number of rotatable bonds is 14. The summed E-state index contributed by atoms with van der Waals surface area (Å²) < 4.78 is 6.45. The van der Waals surface area contributed by atoms with Crippen LogP contribution in [0.4, 0.5) is 0 Å². The van der Waals surface area contributed by atoms with Gasteiger partial charge in [0.25, 0.3) is 0 Å². The molecule has 0 heterocycles. The van der Waals surface area contributed by atoms with E-state index in [1.807, 2.05) is 54.6 Å². The molecule has 3 heteroatoms. The van der Waals surface area contributed by atoms with E-state index in [0.717, 1.165) is 22.3 Å². The summed E-state index contributed by atoms with van der Waals surface area (Å²) in [4.78, 5) is 12.2. The van der Waals surface area contributed by atoms with Gasteiger partial charge in [-0.3, -0.25) is 0 Å². The van der Waals surface area contributed by atoms with Gasteiger partial charge in [-0.2, -0.15) is 0 Å². The zero-order valence-electron chi connectivity index (χ0n) is 19.8. The molecule has 0 spiro atoms. The van der Waals surface area contributed by atoms with Gasteiger partial charge in [0.15, 0.2) is 0 Å². The average Bonchev–Trinajstić information content (AvgIpc) is 2.89. The van der Waals surface area contributed by atoms with Crippen molar-refractivity contribution in [3.63, 3.8) is 0 Å². The molecule has 0 saturated heterocycles. The maximum atomic E-state index is 12.2. The topological polar surface area (TPSA) is 26.3 Å². The summed E-state index contributed by atoms with van der Waals surface area (Å²) in [6.45, 7) is -0.621. The SMILES string of the molecule is CCCCCCCCC=CCP(OC=O)(c1ccccc1)(c1ccccc1)c1ccccc1. The average molecular weight is 461 g/mol. The van der Waals surface area contributed by atoms with Crippen LogP contribution in [0.1, 0.15) is 51.9 Å². The van der Waals surface area contributed by atoms with Gasteiger partial charge in [0, 0.05) is 0 Å². The van der Waals surface area contributed by atoms with Gasteiger partial charge in [0.2, 0.25) is 0 Å². The molecular formula is C30H37O2P. The molecule has 0 unspecified atom stereocenters. The Morgan fingerprint density at radius 3 is 1.55 bits per heavy atom. The molecule has 174 valence electrons. The first-order chi connectivity index (χ1) is 16.3. The second kappa shape index (κ2) is 12.5. The Kier molecular flexibility index (Phi) is 9.46. The number of hydrogen-bond acceptors (Lipinski definition) is 2. The summed E-state index contributed by atoms with van der Waals surface area (Å²) in [5, 5.41) is 3.20. The Balaban J connectivity index is 2.04. The summed E-state index contributed by atoms with van der Waals surface area (Å²) in [5.74, 6) is 0. The van der Waals surface area contributed by atoms with Crippen LogP contribution in [-0.2, 0) is 9.32 Å². The Labute approximate surface area is 199 Å². The molecule has 0 aliphatic heterocycles. The summed E-state index contributed by atoms with van der Waals surface area (Å²) in [5.41, 5.74) is 0. The van der Waals surface area contributed by atoms with Crippen molar-refractivity contribution < 1.29 is 9.32 Å². The molecule has 33 heavy (non-hydrogen) atoms. The standard InChI is InChI=1S/C30H37O2P/c1-2-3-4-5-6-7-8-9-19-26-33(32-27-31,28-20-13-10-14-21-28,29-22-15-11-16-23-29)30-24-17-12-18-25-30/h9-25,27H,2-8,26H2,1H3.